The van der Waals surface area contributed by atoms with Gasteiger partial charge in [-0.05, 0) is 12.1 Å². The monoisotopic (exact) mass is 348 g/mol. The summed E-state index contributed by atoms with van der Waals surface area (Å²) in [4.78, 5) is 11.7. The number of rotatable bonds is 3. The van der Waals surface area contributed by atoms with Gasteiger partial charge in [-0.15, -0.1) is 0 Å². The smallest absolute Gasteiger partial charge is 0.267 e. The number of nitrogens with zero attached hydrogens (tertiary/aromatic N) is 1. The highest BCUT2D eigenvalue weighted by Gasteiger charge is 2.24. The van der Waals surface area contributed by atoms with Crippen LogP contribution in [0, 0.1) is 29.1 Å². The quantitative estimate of drug-likeness (QED) is 0.296. The summed E-state index contributed by atoms with van der Waals surface area (Å²) in [5.74, 6) is -11.4. The van der Waals surface area contributed by atoms with E-state index < -0.39 is 40.6 Å². The van der Waals surface area contributed by atoms with Gasteiger partial charge in [0.2, 0.25) is 5.82 Å². The van der Waals surface area contributed by atoms with Gasteiger partial charge in [0.05, 0.1) is 22.4 Å². The van der Waals surface area contributed by atoms with Crippen LogP contribution in [0.5, 0.6) is 0 Å². The van der Waals surface area contributed by atoms with Crippen LogP contribution in [0.15, 0.2) is 29.4 Å². The van der Waals surface area contributed by atoms with E-state index in [4.69, 9.17) is 11.6 Å². The lowest BCUT2D eigenvalue weighted by Gasteiger charge is -2.04. The van der Waals surface area contributed by atoms with Crippen molar-refractivity contribution in [2.75, 3.05) is 0 Å². The van der Waals surface area contributed by atoms with Crippen LogP contribution in [0.25, 0.3) is 0 Å². The molecule has 2 aromatic carbocycles. The lowest BCUT2D eigenvalue weighted by Crippen LogP contribution is -2.18. The minimum absolute atomic E-state index is 0.0173. The molecule has 0 aromatic heterocycles. The van der Waals surface area contributed by atoms with Gasteiger partial charge in [0.1, 0.15) is 0 Å². The number of amides is 1. The molecule has 3 nitrogen and oxygen atoms in total. The molecule has 0 unspecified atom stereocenters. The number of hydrogen-bond acceptors (Lipinski definition) is 2. The summed E-state index contributed by atoms with van der Waals surface area (Å²) in [6, 6.07) is 5.85. The second kappa shape index (κ2) is 6.74. The van der Waals surface area contributed by atoms with Crippen molar-refractivity contribution in [2.24, 2.45) is 5.10 Å². The zero-order valence-electron chi connectivity index (χ0n) is 11.0. The summed E-state index contributed by atoms with van der Waals surface area (Å²) < 4.78 is 65.6. The molecule has 0 bridgehead atoms. The van der Waals surface area contributed by atoms with Crippen LogP contribution in [-0.4, -0.2) is 12.1 Å². The second-order valence-corrected chi connectivity index (χ2v) is 4.57. The van der Waals surface area contributed by atoms with Crippen LogP contribution >= 0.6 is 11.6 Å². The van der Waals surface area contributed by atoms with E-state index in [1.807, 2.05) is 5.43 Å². The Bertz CT molecular complexity index is 781. The van der Waals surface area contributed by atoms with Gasteiger partial charge in [-0.25, -0.2) is 27.4 Å². The Kier molecular flexibility index (Phi) is 4.95. The molecular weight excluding hydrogens is 343 g/mol. The molecule has 0 atom stereocenters. The number of nitrogens with one attached hydrogen (secondary N) is 1. The highest BCUT2D eigenvalue weighted by atomic mass is 35.5. The predicted octanol–water partition coefficient (Wildman–Crippen LogP) is 3.80. The number of hydrazone groups is 1. The molecule has 2 rings (SSSR count). The second-order valence-electron chi connectivity index (χ2n) is 4.16. The van der Waals surface area contributed by atoms with E-state index in [1.165, 1.54) is 18.2 Å². The van der Waals surface area contributed by atoms with Gasteiger partial charge in [0.25, 0.3) is 5.91 Å². The predicted molar refractivity (Wildman–Crippen MR) is 72.7 cm³/mol. The Morgan fingerprint density at radius 2 is 1.48 bits per heavy atom. The molecule has 0 heterocycles. The third-order valence-corrected chi connectivity index (χ3v) is 3.05. The molecule has 120 valence electrons. The Labute approximate surface area is 131 Å². The lowest BCUT2D eigenvalue weighted by atomic mass is 10.2. The molecule has 1 N–H and O–H groups in total. The first-order chi connectivity index (χ1) is 10.8. The minimum Gasteiger partial charge on any atom is -0.267 e. The molecule has 0 fully saturated rings. The van der Waals surface area contributed by atoms with Crippen LogP contribution in [0.2, 0.25) is 5.02 Å². The fourth-order valence-corrected chi connectivity index (χ4v) is 1.82. The van der Waals surface area contributed by atoms with Gasteiger partial charge >= 0.3 is 0 Å². The maximum absolute atomic E-state index is 13.4. The summed E-state index contributed by atoms with van der Waals surface area (Å²) in [5.41, 5.74) is 0.611. The molecule has 0 aliphatic heterocycles. The zero-order chi connectivity index (χ0) is 17.1. The number of carbonyl (C=O) groups excluding carboxylic acids is 1. The lowest BCUT2D eigenvalue weighted by molar-refractivity contribution is 0.0955. The molecule has 23 heavy (non-hydrogen) atoms. The Morgan fingerprint density at radius 1 is 0.957 bits per heavy atom. The average molecular weight is 349 g/mol. The Morgan fingerprint density at radius 3 is 2.04 bits per heavy atom. The molecule has 0 aliphatic carbocycles. The van der Waals surface area contributed by atoms with Crippen LogP contribution in [-0.2, 0) is 0 Å². The molecule has 9 heteroatoms. The fraction of sp³-hybridized carbons (Fsp3) is 0. The fourth-order valence-electron chi connectivity index (χ4n) is 1.60. The van der Waals surface area contributed by atoms with Crippen molar-refractivity contribution in [3.05, 3.63) is 69.5 Å². The maximum Gasteiger partial charge on any atom is 0.272 e. The number of halogens is 6. The van der Waals surface area contributed by atoms with E-state index >= 15 is 0 Å². The van der Waals surface area contributed by atoms with E-state index in [-0.39, 0.29) is 10.6 Å². The first kappa shape index (κ1) is 16.9. The molecule has 0 saturated heterocycles. The van der Waals surface area contributed by atoms with Crippen molar-refractivity contribution >= 4 is 23.7 Å². The van der Waals surface area contributed by atoms with Gasteiger partial charge in [0.15, 0.2) is 23.3 Å². The number of benzene rings is 2. The van der Waals surface area contributed by atoms with Gasteiger partial charge in [0, 0.05) is 0 Å². The van der Waals surface area contributed by atoms with Gasteiger partial charge in [-0.1, -0.05) is 23.7 Å². The van der Waals surface area contributed by atoms with Crippen molar-refractivity contribution in [3.63, 3.8) is 0 Å². The highest BCUT2D eigenvalue weighted by Crippen LogP contribution is 2.21. The number of hydrogen-bond donors (Lipinski definition) is 1. The molecule has 0 radical (unpaired) electrons. The van der Waals surface area contributed by atoms with E-state index in [9.17, 15) is 26.7 Å². The van der Waals surface area contributed by atoms with Crippen molar-refractivity contribution in [2.45, 2.75) is 0 Å². The summed E-state index contributed by atoms with van der Waals surface area (Å²) in [7, 11) is 0. The number of carbonyl (C=O) groups is 1. The molecule has 2 aromatic rings. The van der Waals surface area contributed by atoms with E-state index in [0.717, 1.165) is 0 Å². The van der Waals surface area contributed by atoms with Crippen molar-refractivity contribution in [3.8, 4) is 0 Å². The first-order valence-corrected chi connectivity index (χ1v) is 6.31. The third-order valence-electron chi connectivity index (χ3n) is 2.72. The highest BCUT2D eigenvalue weighted by molar-refractivity contribution is 6.33. The molecule has 0 saturated carbocycles. The van der Waals surface area contributed by atoms with Gasteiger partial charge in [-0.2, -0.15) is 5.10 Å². The van der Waals surface area contributed by atoms with Crippen molar-refractivity contribution < 1.29 is 26.7 Å². The van der Waals surface area contributed by atoms with Crippen LogP contribution in [0.3, 0.4) is 0 Å². The molecule has 0 aliphatic rings. The normalized spacial score (nSPS) is 11.0. The third kappa shape index (κ3) is 3.31. The first-order valence-electron chi connectivity index (χ1n) is 5.94. The molecule has 1 amide bonds. The minimum atomic E-state index is -2.28. The van der Waals surface area contributed by atoms with Crippen LogP contribution in [0.4, 0.5) is 22.0 Å². The Hall–Kier alpha value is -2.48. The summed E-state index contributed by atoms with van der Waals surface area (Å²) in [5, 5.41) is 3.27. The largest absolute Gasteiger partial charge is 0.272 e. The van der Waals surface area contributed by atoms with Crippen LogP contribution in [0.1, 0.15) is 15.9 Å². The zero-order valence-corrected chi connectivity index (χ0v) is 11.8. The standard InChI is InChI=1S/C14H6ClF5N2O/c15-8-4-2-1-3-6(8)14(23)22-21-5-7-9(16)11(18)13(20)12(19)10(7)17/h1-5H,(H,22,23). The van der Waals surface area contributed by atoms with Crippen molar-refractivity contribution in [1.82, 2.24) is 5.43 Å². The van der Waals surface area contributed by atoms with Crippen molar-refractivity contribution in [1.29, 1.82) is 0 Å². The van der Waals surface area contributed by atoms with Gasteiger partial charge in [-0.3, -0.25) is 4.79 Å². The Balaban J connectivity index is 2.25. The molecule has 0 spiro atoms. The topological polar surface area (TPSA) is 41.5 Å². The average Bonchev–Trinajstić information content (AvgIpc) is 2.54. The summed E-state index contributed by atoms with van der Waals surface area (Å²) in [6.45, 7) is 0. The maximum atomic E-state index is 13.4. The molecular formula is C14H6ClF5N2O. The SMILES string of the molecule is O=C(NN=Cc1c(F)c(F)c(F)c(F)c1F)c1ccccc1Cl. The van der Waals surface area contributed by atoms with E-state index in [2.05, 4.69) is 5.10 Å². The summed E-state index contributed by atoms with van der Waals surface area (Å²) >= 11 is 5.75. The van der Waals surface area contributed by atoms with Gasteiger partial charge < -0.3 is 0 Å². The van der Waals surface area contributed by atoms with E-state index in [0.29, 0.717) is 6.21 Å². The summed E-state index contributed by atoms with van der Waals surface area (Å²) in [6.07, 6.45) is 0.311. The van der Waals surface area contributed by atoms with Crippen LogP contribution < -0.4 is 5.43 Å². The van der Waals surface area contributed by atoms with E-state index in [1.54, 1.807) is 6.07 Å².